The Bertz CT molecular complexity index is 1080. The third-order valence-electron chi connectivity index (χ3n) is 6.02. The van der Waals surface area contributed by atoms with Gasteiger partial charge in [0.25, 0.3) is 5.91 Å². The Labute approximate surface area is 209 Å². The van der Waals surface area contributed by atoms with Crippen molar-refractivity contribution in [1.82, 2.24) is 10.2 Å². The summed E-state index contributed by atoms with van der Waals surface area (Å²) in [6.07, 6.45) is 2.31. The van der Waals surface area contributed by atoms with E-state index in [1.165, 1.54) is 0 Å². The molecule has 0 aliphatic rings. The number of rotatable bonds is 12. The van der Waals surface area contributed by atoms with E-state index in [1.807, 2.05) is 92.7 Å². The van der Waals surface area contributed by atoms with Crippen molar-refractivity contribution >= 4 is 11.8 Å². The summed E-state index contributed by atoms with van der Waals surface area (Å²) in [5.74, 6) is 0.308. The minimum atomic E-state index is -0.650. The maximum atomic E-state index is 13.6. The number of ether oxygens (including phenoxy) is 1. The first-order chi connectivity index (χ1) is 17.0. The topological polar surface area (TPSA) is 58.6 Å². The molecule has 0 aliphatic heterocycles. The first kappa shape index (κ1) is 26.0. The van der Waals surface area contributed by atoms with E-state index < -0.39 is 6.04 Å². The average molecular weight is 473 g/mol. The summed E-state index contributed by atoms with van der Waals surface area (Å²) in [6, 6.07) is 24.9. The van der Waals surface area contributed by atoms with E-state index in [1.54, 1.807) is 4.90 Å². The van der Waals surface area contributed by atoms with Gasteiger partial charge < -0.3 is 15.0 Å². The van der Waals surface area contributed by atoms with E-state index in [4.69, 9.17) is 4.74 Å². The fourth-order valence-electron chi connectivity index (χ4n) is 3.89. The molecule has 3 aromatic carbocycles. The minimum absolute atomic E-state index is 0.135. The van der Waals surface area contributed by atoms with Crippen LogP contribution in [0.2, 0.25) is 0 Å². The van der Waals surface area contributed by atoms with Crippen LogP contribution in [-0.4, -0.2) is 35.9 Å². The number of carbonyl (C=O) groups excluding carboxylic acids is 2. The van der Waals surface area contributed by atoms with E-state index in [-0.39, 0.29) is 18.4 Å². The van der Waals surface area contributed by atoms with Crippen molar-refractivity contribution in [3.63, 3.8) is 0 Å². The highest BCUT2D eigenvalue weighted by Crippen LogP contribution is 2.19. The van der Waals surface area contributed by atoms with Gasteiger partial charge in [0.2, 0.25) is 5.91 Å². The van der Waals surface area contributed by atoms with Crippen LogP contribution in [0.15, 0.2) is 78.9 Å². The van der Waals surface area contributed by atoms with Gasteiger partial charge >= 0.3 is 0 Å². The molecule has 2 amide bonds. The molecule has 5 nitrogen and oxygen atoms in total. The lowest BCUT2D eigenvalue weighted by atomic mass is 10.0. The highest BCUT2D eigenvalue weighted by Gasteiger charge is 2.30. The zero-order chi connectivity index (χ0) is 25.0. The summed E-state index contributed by atoms with van der Waals surface area (Å²) in [6.45, 7) is 6.85. The van der Waals surface area contributed by atoms with Crippen LogP contribution in [0, 0.1) is 13.8 Å². The third kappa shape index (κ3) is 7.99. The molecule has 3 rings (SSSR count). The predicted molar refractivity (Wildman–Crippen MR) is 140 cm³/mol. The third-order valence-corrected chi connectivity index (χ3v) is 6.02. The zero-order valence-electron chi connectivity index (χ0n) is 21.0. The van der Waals surface area contributed by atoms with Gasteiger partial charge in [-0.25, -0.2) is 0 Å². The van der Waals surface area contributed by atoms with E-state index in [0.717, 1.165) is 35.1 Å². The number of amides is 2. The Hall–Kier alpha value is -3.60. The zero-order valence-corrected chi connectivity index (χ0v) is 21.0. The van der Waals surface area contributed by atoms with Crippen molar-refractivity contribution in [2.75, 3.05) is 13.2 Å². The van der Waals surface area contributed by atoms with Crippen LogP contribution in [0.1, 0.15) is 42.0 Å². The number of nitrogens with one attached hydrogen (secondary N) is 1. The SMILES string of the molecule is CCCCNC(=O)[C@H](Cc1ccccc1)N(Cc1ccc(C)cc1)C(=O)COc1ccccc1C. The first-order valence-corrected chi connectivity index (χ1v) is 12.3. The van der Waals surface area contributed by atoms with Gasteiger partial charge in [0.1, 0.15) is 11.8 Å². The van der Waals surface area contributed by atoms with Crippen LogP contribution in [0.25, 0.3) is 0 Å². The number of benzene rings is 3. The quantitative estimate of drug-likeness (QED) is 0.367. The van der Waals surface area contributed by atoms with Gasteiger partial charge in [-0.2, -0.15) is 0 Å². The monoisotopic (exact) mass is 472 g/mol. The Kier molecular flexibility index (Phi) is 9.91. The number of para-hydroxylation sites is 1. The molecule has 184 valence electrons. The first-order valence-electron chi connectivity index (χ1n) is 12.3. The molecule has 0 heterocycles. The van der Waals surface area contributed by atoms with E-state index >= 15 is 0 Å². The Morgan fingerprint density at radius 1 is 0.886 bits per heavy atom. The summed E-state index contributed by atoms with van der Waals surface area (Å²) < 4.78 is 5.89. The van der Waals surface area contributed by atoms with Gasteiger partial charge in [-0.1, -0.05) is 91.7 Å². The van der Waals surface area contributed by atoms with Crippen LogP contribution in [-0.2, 0) is 22.6 Å². The molecular formula is C30H36N2O3. The van der Waals surface area contributed by atoms with Crippen LogP contribution >= 0.6 is 0 Å². The fraction of sp³-hybridized carbons (Fsp3) is 0.333. The Balaban J connectivity index is 1.88. The second-order valence-electron chi connectivity index (χ2n) is 8.91. The van der Waals surface area contributed by atoms with Crippen LogP contribution in [0.4, 0.5) is 0 Å². The second kappa shape index (κ2) is 13.3. The largest absolute Gasteiger partial charge is 0.484 e. The van der Waals surface area contributed by atoms with Gasteiger partial charge in [-0.3, -0.25) is 9.59 Å². The maximum absolute atomic E-state index is 13.6. The summed E-state index contributed by atoms with van der Waals surface area (Å²) in [7, 11) is 0. The second-order valence-corrected chi connectivity index (χ2v) is 8.91. The molecular weight excluding hydrogens is 436 g/mol. The number of nitrogens with zero attached hydrogens (tertiary/aromatic N) is 1. The summed E-state index contributed by atoms with van der Waals surface area (Å²) in [4.78, 5) is 28.6. The number of aryl methyl sites for hydroxylation is 2. The molecule has 0 aliphatic carbocycles. The molecule has 0 bridgehead atoms. The highest BCUT2D eigenvalue weighted by molar-refractivity contribution is 5.88. The lowest BCUT2D eigenvalue weighted by molar-refractivity contribution is -0.142. The predicted octanol–water partition coefficient (Wildman–Crippen LogP) is 5.24. The lowest BCUT2D eigenvalue weighted by Crippen LogP contribution is -2.51. The summed E-state index contributed by atoms with van der Waals surface area (Å²) in [5.41, 5.74) is 4.08. The van der Waals surface area contributed by atoms with Crippen molar-refractivity contribution in [2.45, 2.75) is 52.6 Å². The molecule has 0 saturated carbocycles. The average Bonchev–Trinajstić information content (AvgIpc) is 2.87. The normalized spacial score (nSPS) is 11.5. The van der Waals surface area contributed by atoms with E-state index in [0.29, 0.717) is 25.3 Å². The van der Waals surface area contributed by atoms with Gasteiger partial charge in [0, 0.05) is 19.5 Å². The molecule has 0 unspecified atom stereocenters. The smallest absolute Gasteiger partial charge is 0.261 e. The van der Waals surface area contributed by atoms with Crippen molar-refractivity contribution in [1.29, 1.82) is 0 Å². The van der Waals surface area contributed by atoms with Crippen molar-refractivity contribution < 1.29 is 14.3 Å². The molecule has 5 heteroatoms. The molecule has 0 spiro atoms. The number of hydrogen-bond donors (Lipinski definition) is 1. The fourth-order valence-corrected chi connectivity index (χ4v) is 3.89. The molecule has 0 saturated heterocycles. The van der Waals surface area contributed by atoms with E-state index in [2.05, 4.69) is 12.2 Å². The molecule has 1 atom stereocenters. The molecule has 0 fully saturated rings. The van der Waals surface area contributed by atoms with Crippen molar-refractivity contribution in [2.24, 2.45) is 0 Å². The standard InChI is InChI=1S/C30H36N2O3/c1-4-5-19-31-30(34)27(20-25-12-7-6-8-13-25)32(21-26-17-15-23(2)16-18-26)29(33)22-35-28-14-10-9-11-24(28)3/h6-18,27H,4-5,19-22H2,1-3H3,(H,31,34)/t27-/m0/s1. The molecule has 35 heavy (non-hydrogen) atoms. The van der Waals surface area contributed by atoms with Crippen molar-refractivity contribution in [3.05, 3.63) is 101 Å². The van der Waals surface area contributed by atoms with Crippen molar-refractivity contribution in [3.8, 4) is 5.75 Å². The number of hydrogen-bond acceptors (Lipinski definition) is 3. The van der Waals surface area contributed by atoms with Crippen LogP contribution < -0.4 is 10.1 Å². The maximum Gasteiger partial charge on any atom is 0.261 e. The Morgan fingerprint density at radius 3 is 2.26 bits per heavy atom. The summed E-state index contributed by atoms with van der Waals surface area (Å²) >= 11 is 0. The number of unbranched alkanes of at least 4 members (excludes halogenated alkanes) is 1. The lowest BCUT2D eigenvalue weighted by Gasteiger charge is -2.31. The summed E-state index contributed by atoms with van der Waals surface area (Å²) in [5, 5.41) is 3.04. The van der Waals surface area contributed by atoms with Gasteiger partial charge in [-0.05, 0) is 43.0 Å². The minimum Gasteiger partial charge on any atom is -0.484 e. The van der Waals surface area contributed by atoms with Gasteiger partial charge in [-0.15, -0.1) is 0 Å². The molecule has 3 aromatic rings. The van der Waals surface area contributed by atoms with Gasteiger partial charge in [0.05, 0.1) is 0 Å². The highest BCUT2D eigenvalue weighted by atomic mass is 16.5. The molecule has 0 radical (unpaired) electrons. The van der Waals surface area contributed by atoms with E-state index in [9.17, 15) is 9.59 Å². The molecule has 1 N–H and O–H groups in total. The van der Waals surface area contributed by atoms with Gasteiger partial charge in [0.15, 0.2) is 6.61 Å². The Morgan fingerprint density at radius 2 is 1.57 bits per heavy atom. The number of carbonyl (C=O) groups is 2. The van der Waals surface area contributed by atoms with Crippen LogP contribution in [0.3, 0.4) is 0 Å². The van der Waals surface area contributed by atoms with Crippen LogP contribution in [0.5, 0.6) is 5.75 Å². The molecule has 0 aromatic heterocycles.